The molecule has 0 bridgehead atoms. The second-order valence-corrected chi connectivity index (χ2v) is 7.35. The topological polar surface area (TPSA) is 0 Å². The first-order valence-corrected chi connectivity index (χ1v) is 8.36. The van der Waals surface area contributed by atoms with E-state index in [-0.39, 0.29) is 5.41 Å². The third-order valence-corrected chi connectivity index (χ3v) is 4.15. The lowest BCUT2D eigenvalue weighted by Crippen LogP contribution is -2.01. The van der Waals surface area contributed by atoms with Crippen LogP contribution in [0.4, 0.5) is 0 Å². The van der Waals surface area contributed by atoms with Crippen LogP contribution in [0.5, 0.6) is 0 Å². The van der Waals surface area contributed by atoms with Crippen molar-refractivity contribution in [2.24, 2.45) is 5.41 Å². The van der Waals surface area contributed by atoms with E-state index in [2.05, 4.69) is 51.1 Å². The molecule has 0 saturated carbocycles. The SMILES string of the molecule is CC(C)(C)/C=C/c1ccc2c(c1)CCCBCCCC2. The molecule has 0 spiro atoms. The molecule has 1 heteroatoms. The van der Waals surface area contributed by atoms with Gasteiger partial charge < -0.3 is 0 Å². The summed E-state index contributed by atoms with van der Waals surface area (Å²) in [5.41, 5.74) is 4.83. The molecule has 0 N–H and O–H groups in total. The van der Waals surface area contributed by atoms with E-state index in [0.29, 0.717) is 0 Å². The summed E-state index contributed by atoms with van der Waals surface area (Å²) in [6.45, 7) is 6.76. The second kappa shape index (κ2) is 7.15. The van der Waals surface area contributed by atoms with Gasteiger partial charge in [0.15, 0.2) is 0 Å². The van der Waals surface area contributed by atoms with Crippen molar-refractivity contribution in [1.82, 2.24) is 0 Å². The minimum Gasteiger partial charge on any atom is -0.0785 e. The molecule has 1 aromatic carbocycles. The van der Waals surface area contributed by atoms with E-state index >= 15 is 0 Å². The fraction of sp³-hybridized carbons (Fsp3) is 0.579. The van der Waals surface area contributed by atoms with E-state index in [9.17, 15) is 0 Å². The Bertz CT molecular complexity index is 451. The molecule has 1 aliphatic heterocycles. The quantitative estimate of drug-likeness (QED) is 0.607. The summed E-state index contributed by atoms with van der Waals surface area (Å²) in [6.07, 6.45) is 14.1. The van der Waals surface area contributed by atoms with Crippen LogP contribution in [0.15, 0.2) is 24.3 Å². The maximum Gasteiger partial charge on any atom is 0.120 e. The second-order valence-electron chi connectivity index (χ2n) is 7.35. The molecule has 1 aliphatic rings. The highest BCUT2D eigenvalue weighted by molar-refractivity contribution is 6.35. The molecule has 108 valence electrons. The predicted molar refractivity (Wildman–Crippen MR) is 93.0 cm³/mol. The van der Waals surface area contributed by atoms with Crippen molar-refractivity contribution in [2.45, 2.75) is 65.5 Å². The van der Waals surface area contributed by atoms with Gasteiger partial charge >= 0.3 is 0 Å². The fourth-order valence-corrected chi connectivity index (χ4v) is 2.91. The van der Waals surface area contributed by atoms with Crippen molar-refractivity contribution in [3.63, 3.8) is 0 Å². The van der Waals surface area contributed by atoms with Gasteiger partial charge in [0, 0.05) is 0 Å². The minimum absolute atomic E-state index is 0.264. The molecular weight excluding hydrogens is 239 g/mol. The molecule has 0 radical (unpaired) electrons. The smallest absolute Gasteiger partial charge is 0.0785 e. The van der Waals surface area contributed by atoms with Crippen LogP contribution < -0.4 is 0 Å². The highest BCUT2D eigenvalue weighted by Gasteiger charge is 2.07. The summed E-state index contributed by atoms with van der Waals surface area (Å²) in [5.74, 6) is 0. The first-order chi connectivity index (χ1) is 9.54. The molecule has 0 aliphatic carbocycles. The molecular formula is C19H29B. The van der Waals surface area contributed by atoms with Crippen molar-refractivity contribution in [3.05, 3.63) is 41.0 Å². The Morgan fingerprint density at radius 1 is 0.950 bits per heavy atom. The van der Waals surface area contributed by atoms with Crippen molar-refractivity contribution in [1.29, 1.82) is 0 Å². The van der Waals surface area contributed by atoms with Crippen molar-refractivity contribution >= 4 is 13.4 Å². The minimum atomic E-state index is 0.264. The largest absolute Gasteiger partial charge is 0.120 e. The van der Waals surface area contributed by atoms with Gasteiger partial charge in [0.1, 0.15) is 7.28 Å². The van der Waals surface area contributed by atoms with E-state index in [1.165, 1.54) is 57.6 Å². The molecule has 0 nitrogen and oxygen atoms in total. The number of aryl methyl sites for hydroxylation is 2. The molecule has 0 atom stereocenters. The first kappa shape index (κ1) is 15.4. The maximum atomic E-state index is 2.43. The van der Waals surface area contributed by atoms with Gasteiger partial charge in [-0.1, -0.05) is 76.6 Å². The van der Waals surface area contributed by atoms with E-state index in [4.69, 9.17) is 0 Å². The van der Waals surface area contributed by atoms with E-state index < -0.39 is 0 Å². The zero-order valence-corrected chi connectivity index (χ0v) is 13.5. The Balaban J connectivity index is 2.16. The van der Waals surface area contributed by atoms with Crippen molar-refractivity contribution in [3.8, 4) is 0 Å². The number of benzene rings is 1. The van der Waals surface area contributed by atoms with E-state index in [1.54, 1.807) is 11.1 Å². The summed E-state index contributed by atoms with van der Waals surface area (Å²) < 4.78 is 0. The summed E-state index contributed by atoms with van der Waals surface area (Å²) >= 11 is 0. The molecule has 0 unspecified atom stereocenters. The Morgan fingerprint density at radius 3 is 2.50 bits per heavy atom. The lowest BCUT2D eigenvalue weighted by molar-refractivity contribution is 0.547. The molecule has 2 rings (SSSR count). The van der Waals surface area contributed by atoms with Crippen molar-refractivity contribution < 1.29 is 0 Å². The average molecular weight is 268 g/mol. The third kappa shape index (κ3) is 5.19. The zero-order valence-electron chi connectivity index (χ0n) is 13.5. The van der Waals surface area contributed by atoms with Crippen LogP contribution >= 0.6 is 0 Å². The molecule has 0 saturated heterocycles. The van der Waals surface area contributed by atoms with Crippen LogP contribution in [0, 0.1) is 5.41 Å². The number of hydrogen-bond acceptors (Lipinski definition) is 0. The molecule has 0 fully saturated rings. The maximum absolute atomic E-state index is 2.43. The Labute approximate surface area is 125 Å². The van der Waals surface area contributed by atoms with E-state index in [1.807, 2.05) is 0 Å². The molecule has 20 heavy (non-hydrogen) atoms. The number of fused-ring (bicyclic) bond motifs is 1. The fourth-order valence-electron chi connectivity index (χ4n) is 2.91. The predicted octanol–water partition coefficient (Wildman–Crippen LogP) is 5.29. The molecule has 1 heterocycles. The Morgan fingerprint density at radius 2 is 1.70 bits per heavy atom. The summed E-state index contributed by atoms with van der Waals surface area (Å²) in [6, 6.07) is 7.10. The lowest BCUT2D eigenvalue weighted by Gasteiger charge is -2.14. The van der Waals surface area contributed by atoms with Crippen molar-refractivity contribution in [2.75, 3.05) is 0 Å². The van der Waals surface area contributed by atoms with Crippen LogP contribution in [0.25, 0.3) is 6.08 Å². The summed E-state index contributed by atoms with van der Waals surface area (Å²) in [5, 5.41) is 0. The lowest BCUT2D eigenvalue weighted by atomic mass is 9.67. The van der Waals surface area contributed by atoms with Gasteiger partial charge in [0.05, 0.1) is 0 Å². The van der Waals surface area contributed by atoms with Gasteiger partial charge in [-0.15, -0.1) is 0 Å². The van der Waals surface area contributed by atoms with Crippen LogP contribution in [-0.4, -0.2) is 7.28 Å². The summed E-state index contributed by atoms with van der Waals surface area (Å²) in [4.78, 5) is 0. The molecule has 1 aromatic rings. The average Bonchev–Trinajstić information content (AvgIpc) is 2.41. The number of rotatable bonds is 1. The Hall–Kier alpha value is -0.975. The molecule has 0 aromatic heterocycles. The molecule has 0 amide bonds. The number of hydrogen-bond donors (Lipinski definition) is 0. The van der Waals surface area contributed by atoms with Crippen LogP contribution in [0.3, 0.4) is 0 Å². The van der Waals surface area contributed by atoms with Gasteiger partial charge in [-0.05, 0) is 41.4 Å². The highest BCUT2D eigenvalue weighted by Crippen LogP contribution is 2.22. The summed E-state index contributed by atoms with van der Waals surface area (Å²) in [7, 11) is 1.43. The zero-order chi connectivity index (χ0) is 14.4. The van der Waals surface area contributed by atoms with Crippen LogP contribution in [0.1, 0.15) is 56.7 Å². The van der Waals surface area contributed by atoms with Gasteiger partial charge in [0.25, 0.3) is 0 Å². The van der Waals surface area contributed by atoms with Gasteiger partial charge in [-0.25, -0.2) is 0 Å². The number of allylic oxidation sites excluding steroid dienone is 1. The van der Waals surface area contributed by atoms with Gasteiger partial charge in [-0.2, -0.15) is 0 Å². The monoisotopic (exact) mass is 268 g/mol. The van der Waals surface area contributed by atoms with Gasteiger partial charge in [0.2, 0.25) is 0 Å². The van der Waals surface area contributed by atoms with Gasteiger partial charge in [-0.3, -0.25) is 0 Å². The standard InChI is InChI=1S/C19H29B/c1-19(2,3)12-11-16-9-10-17-7-4-5-13-20-14-6-8-18(17)15-16/h9-12,15,20H,4-8,13-14H2,1-3H3/b12-11+. The first-order valence-electron chi connectivity index (χ1n) is 8.36. The van der Waals surface area contributed by atoms with Crippen LogP contribution in [0.2, 0.25) is 12.6 Å². The highest BCUT2D eigenvalue weighted by atomic mass is 14.1. The third-order valence-electron chi connectivity index (χ3n) is 4.15. The van der Waals surface area contributed by atoms with Crippen LogP contribution in [-0.2, 0) is 12.8 Å². The van der Waals surface area contributed by atoms with E-state index in [0.717, 1.165) is 0 Å². The Kier molecular flexibility index (Phi) is 5.51. The normalized spacial score (nSPS) is 17.6.